The summed E-state index contributed by atoms with van der Waals surface area (Å²) in [4.78, 5) is 3.95. The lowest BCUT2D eigenvalue weighted by atomic mass is 10.0. The summed E-state index contributed by atoms with van der Waals surface area (Å²) in [5.41, 5.74) is 0.835. The minimum absolute atomic E-state index is 0.102. The summed E-state index contributed by atoms with van der Waals surface area (Å²) in [5, 5.41) is 3.43. The average molecular weight is 270 g/mol. The molecule has 2 rings (SSSR count). The fourth-order valence-electron chi connectivity index (χ4n) is 2.01. The van der Waals surface area contributed by atoms with E-state index in [2.05, 4.69) is 17.2 Å². The molecule has 18 heavy (non-hydrogen) atoms. The van der Waals surface area contributed by atoms with Gasteiger partial charge in [-0.05, 0) is 25.5 Å². The Kier molecular flexibility index (Phi) is 3.87. The number of rotatable bonds is 4. The number of nitrogens with zero attached hydrogens (tertiary/aromatic N) is 1. The number of pyridine rings is 1. The Morgan fingerprint density at radius 2 is 2.28 bits per heavy atom. The highest BCUT2D eigenvalue weighted by Gasteiger charge is 2.22. The Labute approximate surface area is 107 Å². The van der Waals surface area contributed by atoms with Gasteiger partial charge in [-0.1, -0.05) is 0 Å². The standard InChI is InChI=1S/C12H18N2O3S/c1-9(10-5-6-17-8-10)14-11-3-4-12(13-7-11)18(2,15)16/h3-4,7,9-10,14H,5-6,8H2,1-2H3. The number of hydrogen-bond donors (Lipinski definition) is 1. The maximum Gasteiger partial charge on any atom is 0.192 e. The van der Waals surface area contributed by atoms with Crippen LogP contribution in [0.4, 0.5) is 5.69 Å². The fraction of sp³-hybridized carbons (Fsp3) is 0.583. The summed E-state index contributed by atoms with van der Waals surface area (Å²) in [6.45, 7) is 3.70. The molecule has 0 bridgehead atoms. The summed E-state index contributed by atoms with van der Waals surface area (Å²) in [6, 6.07) is 3.56. The molecule has 2 heterocycles. The van der Waals surface area contributed by atoms with Gasteiger partial charge in [0.15, 0.2) is 14.9 Å². The van der Waals surface area contributed by atoms with Crippen molar-refractivity contribution in [1.29, 1.82) is 0 Å². The number of nitrogens with one attached hydrogen (secondary N) is 1. The Morgan fingerprint density at radius 1 is 1.50 bits per heavy atom. The molecule has 1 aliphatic rings. The van der Waals surface area contributed by atoms with Crippen LogP contribution in [0.3, 0.4) is 0 Å². The number of sulfone groups is 1. The molecule has 0 amide bonds. The molecule has 1 fully saturated rings. The first-order valence-corrected chi connectivity index (χ1v) is 7.86. The van der Waals surface area contributed by atoms with Gasteiger partial charge in [0.2, 0.25) is 0 Å². The van der Waals surface area contributed by atoms with Crippen LogP contribution in [-0.2, 0) is 14.6 Å². The Bertz CT molecular complexity index is 493. The van der Waals surface area contributed by atoms with Gasteiger partial charge in [0, 0.05) is 24.8 Å². The van der Waals surface area contributed by atoms with Crippen molar-refractivity contribution < 1.29 is 13.2 Å². The predicted molar refractivity (Wildman–Crippen MR) is 69.4 cm³/mol. The molecule has 0 saturated carbocycles. The Morgan fingerprint density at radius 3 is 2.78 bits per heavy atom. The molecule has 0 radical (unpaired) electrons. The maximum absolute atomic E-state index is 11.3. The van der Waals surface area contributed by atoms with Crippen molar-refractivity contribution in [2.45, 2.75) is 24.4 Å². The average Bonchev–Trinajstić information content (AvgIpc) is 2.82. The van der Waals surface area contributed by atoms with Gasteiger partial charge in [-0.2, -0.15) is 0 Å². The largest absolute Gasteiger partial charge is 0.381 e. The van der Waals surface area contributed by atoms with Crippen molar-refractivity contribution in [1.82, 2.24) is 4.98 Å². The molecule has 1 aliphatic heterocycles. The Hall–Kier alpha value is -1.14. The minimum atomic E-state index is -3.22. The number of aromatic nitrogens is 1. The van der Waals surface area contributed by atoms with E-state index in [9.17, 15) is 8.42 Å². The van der Waals surface area contributed by atoms with Gasteiger partial charge in [0.25, 0.3) is 0 Å². The zero-order valence-corrected chi connectivity index (χ0v) is 11.4. The molecule has 0 spiro atoms. The van der Waals surface area contributed by atoms with E-state index in [0.717, 1.165) is 31.6 Å². The highest BCUT2D eigenvalue weighted by Crippen LogP contribution is 2.20. The fourth-order valence-corrected chi connectivity index (χ4v) is 2.57. The van der Waals surface area contributed by atoms with Crippen LogP contribution >= 0.6 is 0 Å². The van der Waals surface area contributed by atoms with Gasteiger partial charge in [-0.25, -0.2) is 13.4 Å². The zero-order chi connectivity index (χ0) is 13.2. The third kappa shape index (κ3) is 3.20. The van der Waals surface area contributed by atoms with Crippen molar-refractivity contribution in [2.24, 2.45) is 5.92 Å². The molecule has 0 aromatic carbocycles. The predicted octanol–water partition coefficient (Wildman–Crippen LogP) is 1.32. The van der Waals surface area contributed by atoms with E-state index < -0.39 is 9.84 Å². The van der Waals surface area contributed by atoms with Crippen LogP contribution in [0.5, 0.6) is 0 Å². The van der Waals surface area contributed by atoms with E-state index >= 15 is 0 Å². The molecular weight excluding hydrogens is 252 g/mol. The topological polar surface area (TPSA) is 68.3 Å². The van der Waals surface area contributed by atoms with Gasteiger partial charge < -0.3 is 10.1 Å². The summed E-state index contributed by atoms with van der Waals surface area (Å²) in [6.07, 6.45) is 3.77. The van der Waals surface area contributed by atoms with Gasteiger partial charge in [-0.15, -0.1) is 0 Å². The van der Waals surface area contributed by atoms with Gasteiger partial charge in [-0.3, -0.25) is 0 Å². The summed E-state index contributed by atoms with van der Waals surface area (Å²) in [5.74, 6) is 0.500. The highest BCUT2D eigenvalue weighted by molar-refractivity contribution is 7.90. The van der Waals surface area contributed by atoms with Gasteiger partial charge in [0.05, 0.1) is 18.5 Å². The molecule has 2 atom stereocenters. The third-order valence-electron chi connectivity index (χ3n) is 3.18. The van der Waals surface area contributed by atoms with E-state index in [4.69, 9.17) is 4.74 Å². The zero-order valence-electron chi connectivity index (χ0n) is 10.6. The molecule has 6 heteroatoms. The molecular formula is C12H18N2O3S. The maximum atomic E-state index is 11.3. The molecule has 5 nitrogen and oxygen atoms in total. The van der Waals surface area contributed by atoms with Crippen LogP contribution < -0.4 is 5.32 Å². The van der Waals surface area contributed by atoms with Crippen LogP contribution in [-0.4, -0.2) is 38.9 Å². The second-order valence-electron chi connectivity index (χ2n) is 4.71. The van der Waals surface area contributed by atoms with Crippen LogP contribution in [0, 0.1) is 5.92 Å². The SMILES string of the molecule is CC(Nc1ccc(S(C)(=O)=O)nc1)C1CCOC1. The lowest BCUT2D eigenvalue weighted by Crippen LogP contribution is -2.26. The lowest BCUT2D eigenvalue weighted by molar-refractivity contribution is 0.183. The van der Waals surface area contributed by atoms with E-state index in [1.807, 2.05) is 0 Å². The van der Waals surface area contributed by atoms with Crippen LogP contribution in [0.15, 0.2) is 23.4 Å². The van der Waals surface area contributed by atoms with Gasteiger partial charge in [0.1, 0.15) is 0 Å². The molecule has 1 aromatic heterocycles. The summed E-state index contributed by atoms with van der Waals surface area (Å²) < 4.78 is 27.9. The second kappa shape index (κ2) is 5.24. The van der Waals surface area contributed by atoms with Crippen molar-refractivity contribution >= 4 is 15.5 Å². The van der Waals surface area contributed by atoms with E-state index in [1.165, 1.54) is 6.07 Å². The van der Waals surface area contributed by atoms with E-state index in [-0.39, 0.29) is 5.03 Å². The van der Waals surface area contributed by atoms with E-state index in [1.54, 1.807) is 12.3 Å². The van der Waals surface area contributed by atoms with Gasteiger partial charge >= 0.3 is 0 Å². The van der Waals surface area contributed by atoms with Crippen LogP contribution in [0.25, 0.3) is 0 Å². The van der Waals surface area contributed by atoms with Crippen LogP contribution in [0.2, 0.25) is 0 Å². The molecule has 1 aromatic rings. The molecule has 0 aliphatic carbocycles. The summed E-state index contributed by atoms with van der Waals surface area (Å²) in [7, 11) is -3.22. The monoisotopic (exact) mass is 270 g/mol. The molecule has 2 unspecified atom stereocenters. The van der Waals surface area contributed by atoms with Crippen molar-refractivity contribution in [3.63, 3.8) is 0 Å². The smallest absolute Gasteiger partial charge is 0.192 e. The van der Waals surface area contributed by atoms with Crippen molar-refractivity contribution in [3.8, 4) is 0 Å². The second-order valence-corrected chi connectivity index (χ2v) is 6.68. The van der Waals surface area contributed by atoms with Crippen LogP contribution in [0.1, 0.15) is 13.3 Å². The van der Waals surface area contributed by atoms with E-state index in [0.29, 0.717) is 12.0 Å². The number of hydrogen-bond acceptors (Lipinski definition) is 5. The number of ether oxygens (including phenoxy) is 1. The Balaban J connectivity index is 2.02. The normalized spacial score (nSPS) is 21.8. The lowest BCUT2D eigenvalue weighted by Gasteiger charge is -2.20. The molecule has 1 saturated heterocycles. The first-order valence-electron chi connectivity index (χ1n) is 5.97. The molecule has 1 N–H and O–H groups in total. The van der Waals surface area contributed by atoms with Crippen molar-refractivity contribution in [2.75, 3.05) is 24.8 Å². The molecule has 100 valence electrons. The third-order valence-corrected chi connectivity index (χ3v) is 4.18. The highest BCUT2D eigenvalue weighted by atomic mass is 32.2. The first kappa shape index (κ1) is 13.3. The quantitative estimate of drug-likeness (QED) is 0.893. The van der Waals surface area contributed by atoms with Crippen molar-refractivity contribution in [3.05, 3.63) is 18.3 Å². The minimum Gasteiger partial charge on any atom is -0.381 e. The summed E-state index contributed by atoms with van der Waals surface area (Å²) >= 11 is 0. The number of anilines is 1. The first-order chi connectivity index (χ1) is 8.47.